The normalized spacial score (nSPS) is 24.7. The van der Waals surface area contributed by atoms with Gasteiger partial charge in [-0.1, -0.05) is 124 Å². The molecule has 5 heteroatoms. The molecule has 222 valence electrons. The third-order valence-corrected chi connectivity index (χ3v) is 9.20. The number of carbonyl (C=O) groups excluding carboxylic acids is 2. The minimum atomic E-state index is -0.490. The molecule has 0 heterocycles. The molecule has 0 radical (unpaired) electrons. The Bertz CT molecular complexity index is 653. The van der Waals surface area contributed by atoms with E-state index in [4.69, 9.17) is 9.47 Å². The van der Waals surface area contributed by atoms with E-state index in [1.54, 1.807) is 0 Å². The van der Waals surface area contributed by atoms with Crippen molar-refractivity contribution in [3.05, 3.63) is 0 Å². The van der Waals surface area contributed by atoms with E-state index in [1.165, 1.54) is 122 Å². The van der Waals surface area contributed by atoms with E-state index < -0.39 is 6.09 Å². The molecule has 0 spiro atoms. The van der Waals surface area contributed by atoms with Crippen LogP contribution in [-0.4, -0.2) is 25.4 Å². The quantitative estimate of drug-likeness (QED) is 0.0902. The second-order valence-electron chi connectivity index (χ2n) is 13.4. The van der Waals surface area contributed by atoms with E-state index in [9.17, 15) is 9.59 Å². The highest BCUT2D eigenvalue weighted by atomic mass is 16.7. The molecule has 38 heavy (non-hydrogen) atoms. The van der Waals surface area contributed by atoms with Crippen molar-refractivity contribution in [3.8, 4) is 0 Å². The molecule has 2 aliphatic carbocycles. The number of amides is 1. The van der Waals surface area contributed by atoms with Crippen molar-refractivity contribution in [1.82, 2.24) is 5.32 Å². The van der Waals surface area contributed by atoms with E-state index in [1.807, 2.05) is 0 Å². The summed E-state index contributed by atoms with van der Waals surface area (Å²) in [5.41, 5.74) is 0.780. The number of alkyl carbamates (subject to hydrolysis) is 1. The summed E-state index contributed by atoms with van der Waals surface area (Å²) in [5.74, 6) is 0.574. The second-order valence-corrected chi connectivity index (χ2v) is 13.4. The summed E-state index contributed by atoms with van der Waals surface area (Å²) in [6.45, 7) is 7.43. The lowest BCUT2D eigenvalue weighted by Crippen LogP contribution is -2.41. The average molecular weight is 536 g/mol. The molecule has 3 unspecified atom stereocenters. The molecule has 2 rings (SSSR count). The molecule has 0 aromatic heterocycles. The van der Waals surface area contributed by atoms with Crippen molar-refractivity contribution in [2.45, 2.75) is 168 Å². The standard InChI is InChI=1S/C33H61NO4/c1-4-5-6-7-8-9-10-11-12-13-14-15-16-17-18-21-30(35)37-28-38-31(36)34-24-23-33(3)26-29-20-19-22-32(2,25-29)27-33/h29H,4-28H2,1-3H3,(H,34,36). The predicted molar refractivity (Wildman–Crippen MR) is 157 cm³/mol. The summed E-state index contributed by atoms with van der Waals surface area (Å²) in [5, 5.41) is 2.85. The largest absolute Gasteiger partial charge is 0.428 e. The fraction of sp³-hybridized carbons (Fsp3) is 0.939. The van der Waals surface area contributed by atoms with Gasteiger partial charge in [-0.2, -0.15) is 0 Å². The minimum absolute atomic E-state index is 0.276. The first-order valence-corrected chi connectivity index (χ1v) is 16.4. The van der Waals surface area contributed by atoms with Crippen LogP contribution in [0.3, 0.4) is 0 Å². The molecular weight excluding hydrogens is 474 g/mol. The van der Waals surface area contributed by atoms with E-state index in [0.29, 0.717) is 23.8 Å². The number of ether oxygens (including phenoxy) is 2. The summed E-state index contributed by atoms with van der Waals surface area (Å²) < 4.78 is 10.2. The Hall–Kier alpha value is -1.26. The number of rotatable bonds is 21. The topological polar surface area (TPSA) is 64.6 Å². The Kier molecular flexibility index (Phi) is 16.4. The van der Waals surface area contributed by atoms with Gasteiger partial charge in [-0.05, 0) is 55.3 Å². The Morgan fingerprint density at radius 3 is 1.95 bits per heavy atom. The van der Waals surface area contributed by atoms with E-state index in [2.05, 4.69) is 26.1 Å². The van der Waals surface area contributed by atoms with Crippen LogP contribution >= 0.6 is 0 Å². The van der Waals surface area contributed by atoms with Crippen LogP contribution < -0.4 is 5.32 Å². The summed E-state index contributed by atoms with van der Waals surface area (Å²) in [6, 6.07) is 0. The number of hydrogen-bond donors (Lipinski definition) is 1. The molecule has 0 aromatic carbocycles. The zero-order valence-electron chi connectivity index (χ0n) is 25.4. The fourth-order valence-corrected chi connectivity index (χ4v) is 7.42. The maximum absolute atomic E-state index is 12.0. The van der Waals surface area contributed by atoms with E-state index in [-0.39, 0.29) is 12.8 Å². The summed E-state index contributed by atoms with van der Waals surface area (Å²) in [4.78, 5) is 23.9. The first kappa shape index (κ1) is 32.9. The Labute approximate surface area is 235 Å². The number of hydrogen-bond acceptors (Lipinski definition) is 4. The number of unbranched alkanes of at least 4 members (excludes halogenated alkanes) is 14. The molecule has 2 aliphatic rings. The fourth-order valence-electron chi connectivity index (χ4n) is 7.42. The molecule has 5 nitrogen and oxygen atoms in total. The van der Waals surface area contributed by atoms with Crippen LogP contribution in [0.25, 0.3) is 0 Å². The lowest BCUT2D eigenvalue weighted by atomic mass is 9.54. The second kappa shape index (κ2) is 18.9. The van der Waals surface area contributed by atoms with Gasteiger partial charge in [0.05, 0.1) is 0 Å². The van der Waals surface area contributed by atoms with Gasteiger partial charge >= 0.3 is 12.1 Å². The van der Waals surface area contributed by atoms with Crippen LogP contribution in [0, 0.1) is 16.7 Å². The number of carbonyl (C=O) groups is 2. The third kappa shape index (κ3) is 14.8. The molecule has 2 bridgehead atoms. The van der Waals surface area contributed by atoms with Crippen molar-refractivity contribution >= 4 is 12.1 Å². The molecule has 0 aliphatic heterocycles. The SMILES string of the molecule is CCCCCCCCCCCCCCCCCC(=O)OCOC(=O)NCCC1(C)CC2CCCC(C)(C2)C1. The molecular formula is C33H61NO4. The Morgan fingerprint density at radius 2 is 1.37 bits per heavy atom. The Morgan fingerprint density at radius 1 is 0.789 bits per heavy atom. The average Bonchev–Trinajstić information content (AvgIpc) is 2.85. The van der Waals surface area contributed by atoms with Crippen LogP contribution in [0.2, 0.25) is 0 Å². The molecule has 1 amide bonds. The van der Waals surface area contributed by atoms with Gasteiger partial charge in [-0.15, -0.1) is 0 Å². The predicted octanol–water partition coefficient (Wildman–Crippen LogP) is 9.86. The van der Waals surface area contributed by atoms with Crippen LogP contribution in [0.1, 0.15) is 168 Å². The van der Waals surface area contributed by atoms with E-state index >= 15 is 0 Å². The van der Waals surface area contributed by atoms with Gasteiger partial charge in [0, 0.05) is 13.0 Å². The number of esters is 1. The lowest BCUT2D eigenvalue weighted by Gasteiger charge is -2.51. The van der Waals surface area contributed by atoms with Gasteiger partial charge in [0.2, 0.25) is 6.79 Å². The number of fused-ring (bicyclic) bond motifs is 2. The molecule has 2 fully saturated rings. The van der Waals surface area contributed by atoms with Crippen molar-refractivity contribution in [2.24, 2.45) is 16.7 Å². The monoisotopic (exact) mass is 535 g/mol. The van der Waals surface area contributed by atoms with Gasteiger partial charge < -0.3 is 14.8 Å². The van der Waals surface area contributed by atoms with Crippen LogP contribution in [0.4, 0.5) is 4.79 Å². The molecule has 0 aromatic rings. The lowest BCUT2D eigenvalue weighted by molar-refractivity contribution is -0.151. The van der Waals surface area contributed by atoms with Crippen LogP contribution in [-0.2, 0) is 14.3 Å². The van der Waals surface area contributed by atoms with Gasteiger partial charge in [0.15, 0.2) is 0 Å². The smallest absolute Gasteiger partial charge is 0.410 e. The molecule has 2 saturated carbocycles. The summed E-state index contributed by atoms with van der Waals surface area (Å²) >= 11 is 0. The molecule has 1 N–H and O–H groups in total. The summed E-state index contributed by atoms with van der Waals surface area (Å²) in [6.07, 6.45) is 28.4. The highest BCUT2D eigenvalue weighted by molar-refractivity contribution is 5.70. The zero-order valence-corrected chi connectivity index (χ0v) is 25.4. The molecule has 3 atom stereocenters. The third-order valence-electron chi connectivity index (χ3n) is 9.20. The van der Waals surface area contributed by atoms with Gasteiger partial charge in [0.25, 0.3) is 0 Å². The van der Waals surface area contributed by atoms with Gasteiger partial charge in [-0.25, -0.2) is 4.79 Å². The maximum Gasteiger partial charge on any atom is 0.410 e. The van der Waals surface area contributed by atoms with Crippen molar-refractivity contribution < 1.29 is 19.1 Å². The van der Waals surface area contributed by atoms with Crippen molar-refractivity contribution in [1.29, 1.82) is 0 Å². The Balaban J connectivity index is 1.35. The van der Waals surface area contributed by atoms with Gasteiger partial charge in [-0.3, -0.25) is 4.79 Å². The van der Waals surface area contributed by atoms with Crippen LogP contribution in [0.5, 0.6) is 0 Å². The summed E-state index contributed by atoms with van der Waals surface area (Å²) in [7, 11) is 0. The maximum atomic E-state index is 12.0. The van der Waals surface area contributed by atoms with Gasteiger partial charge in [0.1, 0.15) is 0 Å². The first-order valence-electron chi connectivity index (χ1n) is 16.4. The first-order chi connectivity index (χ1) is 18.3. The minimum Gasteiger partial charge on any atom is -0.428 e. The van der Waals surface area contributed by atoms with Crippen molar-refractivity contribution in [3.63, 3.8) is 0 Å². The highest BCUT2D eigenvalue weighted by Crippen LogP contribution is 2.56. The zero-order chi connectivity index (χ0) is 27.5. The van der Waals surface area contributed by atoms with Crippen molar-refractivity contribution in [2.75, 3.05) is 13.3 Å². The van der Waals surface area contributed by atoms with Crippen LogP contribution in [0.15, 0.2) is 0 Å². The molecule has 0 saturated heterocycles. The number of nitrogens with one attached hydrogen (secondary N) is 1. The highest BCUT2D eigenvalue weighted by Gasteiger charge is 2.44. The van der Waals surface area contributed by atoms with E-state index in [0.717, 1.165) is 25.2 Å².